The van der Waals surface area contributed by atoms with Crippen LogP contribution in [0.4, 0.5) is 5.69 Å². The Morgan fingerprint density at radius 2 is 2.10 bits per heavy atom. The van der Waals surface area contributed by atoms with E-state index in [1.807, 2.05) is 24.4 Å². The first-order valence-corrected chi connectivity index (χ1v) is 7.17. The number of rotatable bonds is 4. The second kappa shape index (κ2) is 5.96. The summed E-state index contributed by atoms with van der Waals surface area (Å²) in [5, 5.41) is 2.00. The van der Waals surface area contributed by atoms with Crippen LogP contribution in [0.15, 0.2) is 35.7 Å². The van der Waals surface area contributed by atoms with Crippen molar-refractivity contribution in [3.05, 3.63) is 46.2 Å². The van der Waals surface area contributed by atoms with Gasteiger partial charge in [0.05, 0.1) is 24.4 Å². The van der Waals surface area contributed by atoms with E-state index < -0.39 is 0 Å². The van der Waals surface area contributed by atoms with Crippen LogP contribution in [0.5, 0.6) is 5.75 Å². The number of ether oxygens (including phenoxy) is 1. The van der Waals surface area contributed by atoms with E-state index in [1.54, 1.807) is 41.5 Å². The molecule has 1 aromatic carbocycles. The van der Waals surface area contributed by atoms with E-state index in [4.69, 9.17) is 10.5 Å². The summed E-state index contributed by atoms with van der Waals surface area (Å²) in [5.74, 6) is 0.412. The standard InChI is InChI=1S/C15H18N2O2S/c1-10(13-8-5-9-20-13)17(2)15(18)11-6-4-7-12(19-3)14(11)16/h4-10H,16H2,1-3H3. The highest BCUT2D eigenvalue weighted by atomic mass is 32.1. The van der Waals surface area contributed by atoms with Gasteiger partial charge >= 0.3 is 0 Å². The number of nitrogens with two attached hydrogens (primary N) is 1. The Labute approximate surface area is 122 Å². The second-order valence-electron chi connectivity index (χ2n) is 4.53. The highest BCUT2D eigenvalue weighted by Crippen LogP contribution is 2.29. The number of carbonyl (C=O) groups excluding carboxylic acids is 1. The lowest BCUT2D eigenvalue weighted by Gasteiger charge is -2.25. The summed E-state index contributed by atoms with van der Waals surface area (Å²) < 4.78 is 5.15. The topological polar surface area (TPSA) is 55.6 Å². The summed E-state index contributed by atoms with van der Waals surface area (Å²) >= 11 is 1.63. The Hall–Kier alpha value is -2.01. The summed E-state index contributed by atoms with van der Waals surface area (Å²) in [4.78, 5) is 15.4. The number of nitrogen functional groups attached to an aromatic ring is 1. The molecule has 0 spiro atoms. The van der Waals surface area contributed by atoms with Crippen LogP contribution in [0.1, 0.15) is 28.2 Å². The molecule has 4 nitrogen and oxygen atoms in total. The van der Waals surface area contributed by atoms with E-state index in [2.05, 4.69) is 0 Å². The van der Waals surface area contributed by atoms with Crippen molar-refractivity contribution in [3.8, 4) is 5.75 Å². The van der Waals surface area contributed by atoms with Crippen LogP contribution in [0.2, 0.25) is 0 Å². The van der Waals surface area contributed by atoms with Crippen LogP contribution in [-0.4, -0.2) is 25.0 Å². The molecule has 1 amide bonds. The Bertz CT molecular complexity index is 596. The number of hydrogen-bond acceptors (Lipinski definition) is 4. The molecule has 0 aliphatic rings. The number of thiophene rings is 1. The first-order chi connectivity index (χ1) is 9.56. The second-order valence-corrected chi connectivity index (χ2v) is 5.51. The minimum absolute atomic E-state index is 0.00750. The summed E-state index contributed by atoms with van der Waals surface area (Å²) in [6.45, 7) is 2.00. The molecule has 0 saturated carbocycles. The van der Waals surface area contributed by atoms with Crippen molar-refractivity contribution < 1.29 is 9.53 Å². The molecule has 2 N–H and O–H groups in total. The number of anilines is 1. The van der Waals surface area contributed by atoms with Gasteiger partial charge < -0.3 is 15.4 Å². The molecule has 5 heteroatoms. The normalized spacial score (nSPS) is 11.9. The summed E-state index contributed by atoms with van der Waals surface area (Å²) in [7, 11) is 3.32. The average molecular weight is 290 g/mol. The van der Waals surface area contributed by atoms with Gasteiger partial charge in [0.2, 0.25) is 0 Å². The largest absolute Gasteiger partial charge is 0.495 e. The Morgan fingerprint density at radius 3 is 2.70 bits per heavy atom. The van der Waals surface area contributed by atoms with Gasteiger partial charge in [-0.2, -0.15) is 0 Å². The van der Waals surface area contributed by atoms with Crippen molar-refractivity contribution in [2.75, 3.05) is 19.9 Å². The maximum atomic E-state index is 12.6. The molecule has 2 rings (SSSR count). The smallest absolute Gasteiger partial charge is 0.256 e. The fraction of sp³-hybridized carbons (Fsp3) is 0.267. The van der Waals surface area contributed by atoms with Crippen molar-refractivity contribution in [1.82, 2.24) is 4.90 Å². The Kier molecular flexibility index (Phi) is 4.29. The maximum Gasteiger partial charge on any atom is 0.256 e. The molecule has 0 fully saturated rings. The summed E-state index contributed by atoms with van der Waals surface area (Å²) in [6.07, 6.45) is 0. The predicted octanol–water partition coefficient (Wildman–Crippen LogP) is 3.17. The fourth-order valence-corrected chi connectivity index (χ4v) is 2.82. The molecule has 1 unspecified atom stereocenters. The first-order valence-electron chi connectivity index (χ1n) is 6.29. The minimum Gasteiger partial charge on any atom is -0.495 e. The molecule has 0 aliphatic carbocycles. The fourth-order valence-electron chi connectivity index (χ4n) is 1.99. The zero-order valence-corrected chi connectivity index (χ0v) is 12.6. The molecule has 0 radical (unpaired) electrons. The van der Waals surface area contributed by atoms with Crippen molar-refractivity contribution in [1.29, 1.82) is 0 Å². The van der Waals surface area contributed by atoms with Crippen molar-refractivity contribution in [2.45, 2.75) is 13.0 Å². The van der Waals surface area contributed by atoms with Crippen LogP contribution >= 0.6 is 11.3 Å². The molecule has 106 valence electrons. The third kappa shape index (κ3) is 2.63. The molecule has 1 aromatic heterocycles. The molecule has 1 atom stereocenters. The van der Waals surface area contributed by atoms with Crippen LogP contribution in [0.25, 0.3) is 0 Å². The lowest BCUT2D eigenvalue weighted by molar-refractivity contribution is 0.0745. The van der Waals surface area contributed by atoms with Crippen molar-refractivity contribution >= 4 is 22.9 Å². The van der Waals surface area contributed by atoms with Crippen molar-refractivity contribution in [2.24, 2.45) is 0 Å². The summed E-state index contributed by atoms with van der Waals surface area (Å²) in [6, 6.07) is 9.25. The lowest BCUT2D eigenvalue weighted by atomic mass is 10.1. The van der Waals surface area contributed by atoms with Crippen LogP contribution in [0.3, 0.4) is 0 Å². The van der Waals surface area contributed by atoms with E-state index in [-0.39, 0.29) is 11.9 Å². The van der Waals surface area contributed by atoms with Gasteiger partial charge in [-0.15, -0.1) is 11.3 Å². The zero-order chi connectivity index (χ0) is 14.7. The number of para-hydroxylation sites is 1. The number of nitrogens with zero attached hydrogens (tertiary/aromatic N) is 1. The number of hydrogen-bond donors (Lipinski definition) is 1. The Morgan fingerprint density at radius 1 is 1.35 bits per heavy atom. The lowest BCUT2D eigenvalue weighted by Crippen LogP contribution is -2.29. The number of amides is 1. The van der Waals surface area contributed by atoms with E-state index >= 15 is 0 Å². The van der Waals surface area contributed by atoms with Gasteiger partial charge in [-0.3, -0.25) is 4.79 Å². The SMILES string of the molecule is COc1cccc(C(=O)N(C)C(C)c2cccs2)c1N. The Balaban J connectivity index is 2.27. The third-order valence-electron chi connectivity index (χ3n) is 3.37. The van der Waals surface area contributed by atoms with Gasteiger partial charge in [0.25, 0.3) is 5.91 Å². The molecule has 0 saturated heterocycles. The molecule has 0 bridgehead atoms. The molecule has 20 heavy (non-hydrogen) atoms. The van der Waals surface area contributed by atoms with E-state index in [9.17, 15) is 4.79 Å². The van der Waals surface area contributed by atoms with Gasteiger partial charge in [0, 0.05) is 11.9 Å². The molecule has 1 heterocycles. The van der Waals surface area contributed by atoms with Gasteiger partial charge in [0.15, 0.2) is 0 Å². The molecule has 0 aliphatic heterocycles. The highest BCUT2D eigenvalue weighted by Gasteiger charge is 2.22. The molecular formula is C15H18N2O2S. The average Bonchev–Trinajstić information content (AvgIpc) is 2.99. The molecule has 2 aromatic rings. The van der Waals surface area contributed by atoms with Gasteiger partial charge in [-0.25, -0.2) is 0 Å². The van der Waals surface area contributed by atoms with Crippen LogP contribution in [-0.2, 0) is 0 Å². The summed E-state index contributed by atoms with van der Waals surface area (Å²) in [5.41, 5.74) is 6.83. The maximum absolute atomic E-state index is 12.6. The number of methoxy groups -OCH3 is 1. The monoisotopic (exact) mass is 290 g/mol. The first kappa shape index (κ1) is 14.4. The van der Waals surface area contributed by atoms with E-state index in [1.165, 1.54) is 7.11 Å². The van der Waals surface area contributed by atoms with Crippen molar-refractivity contribution in [3.63, 3.8) is 0 Å². The highest BCUT2D eigenvalue weighted by molar-refractivity contribution is 7.10. The van der Waals surface area contributed by atoms with Gasteiger partial charge in [0.1, 0.15) is 5.75 Å². The number of carbonyl (C=O) groups is 1. The minimum atomic E-state index is -0.109. The van der Waals surface area contributed by atoms with E-state index in [0.29, 0.717) is 17.0 Å². The van der Waals surface area contributed by atoms with Gasteiger partial charge in [-0.05, 0) is 30.5 Å². The van der Waals surface area contributed by atoms with E-state index in [0.717, 1.165) is 4.88 Å². The van der Waals surface area contributed by atoms with Gasteiger partial charge in [-0.1, -0.05) is 12.1 Å². The molecular weight excluding hydrogens is 272 g/mol. The predicted molar refractivity (Wildman–Crippen MR) is 82.2 cm³/mol. The number of benzene rings is 1. The zero-order valence-electron chi connectivity index (χ0n) is 11.8. The van der Waals surface area contributed by atoms with Crippen LogP contribution < -0.4 is 10.5 Å². The third-order valence-corrected chi connectivity index (χ3v) is 4.42. The van der Waals surface area contributed by atoms with Crippen LogP contribution in [0, 0.1) is 0 Å². The quantitative estimate of drug-likeness (QED) is 0.880.